The molecule has 0 spiro atoms. The monoisotopic (exact) mass is 438 g/mol. The van der Waals surface area contributed by atoms with E-state index in [-0.39, 0.29) is 5.91 Å². The predicted octanol–water partition coefficient (Wildman–Crippen LogP) is 4.34. The molecule has 9 heteroatoms. The van der Waals surface area contributed by atoms with Gasteiger partial charge in [-0.3, -0.25) is 4.79 Å². The number of rotatable bonds is 6. The number of aromatic nitrogens is 6. The molecule has 2 aromatic carbocycles. The summed E-state index contributed by atoms with van der Waals surface area (Å²) in [5.74, 6) is 1.06. The van der Waals surface area contributed by atoms with E-state index < -0.39 is 0 Å². The molecule has 0 saturated heterocycles. The Morgan fingerprint density at radius 1 is 1.03 bits per heavy atom. The van der Waals surface area contributed by atoms with Gasteiger partial charge in [-0.25, -0.2) is 19.3 Å². The van der Waals surface area contributed by atoms with Crippen LogP contribution in [0.4, 0.5) is 17.3 Å². The standard InChI is InChI=1S/C24H22N8O/c1-3-31-21(11-12-27-31)30-24(33)17-10-9-16(2)20(13-17)29-22-19-14-28-32(23(19)26-15-25-22)18-7-5-4-6-8-18/h4-15H,3H2,1-2H3,(H,30,33)(H,25,26,29). The highest BCUT2D eigenvalue weighted by molar-refractivity contribution is 6.04. The van der Waals surface area contributed by atoms with Crippen LogP contribution in [0.2, 0.25) is 0 Å². The van der Waals surface area contributed by atoms with Gasteiger partial charge in [0.05, 0.1) is 23.5 Å². The zero-order valence-corrected chi connectivity index (χ0v) is 18.2. The molecule has 0 aliphatic carbocycles. The number of para-hydroxylation sites is 1. The van der Waals surface area contributed by atoms with Crippen molar-refractivity contribution in [1.82, 2.24) is 29.5 Å². The summed E-state index contributed by atoms with van der Waals surface area (Å²) in [6, 6.07) is 17.1. The van der Waals surface area contributed by atoms with Crippen LogP contribution in [-0.4, -0.2) is 35.4 Å². The minimum absolute atomic E-state index is 0.210. The highest BCUT2D eigenvalue weighted by atomic mass is 16.1. The molecular weight excluding hydrogens is 416 g/mol. The number of nitrogens with one attached hydrogen (secondary N) is 2. The van der Waals surface area contributed by atoms with Gasteiger partial charge in [0.15, 0.2) is 5.65 Å². The molecule has 0 saturated carbocycles. The summed E-state index contributed by atoms with van der Waals surface area (Å²) >= 11 is 0. The lowest BCUT2D eigenvalue weighted by Crippen LogP contribution is -2.15. The van der Waals surface area contributed by atoms with Crippen molar-refractivity contribution in [3.05, 3.63) is 84.4 Å². The second-order valence-corrected chi connectivity index (χ2v) is 7.49. The molecule has 5 aromatic rings. The van der Waals surface area contributed by atoms with Crippen LogP contribution in [0.15, 0.2) is 73.3 Å². The largest absolute Gasteiger partial charge is 0.339 e. The van der Waals surface area contributed by atoms with Crippen LogP contribution < -0.4 is 10.6 Å². The first-order chi connectivity index (χ1) is 16.1. The maximum Gasteiger partial charge on any atom is 0.256 e. The molecule has 0 aliphatic heterocycles. The molecule has 5 rings (SSSR count). The average Bonchev–Trinajstić information content (AvgIpc) is 3.48. The number of carbonyl (C=O) groups excluding carboxylic acids is 1. The first-order valence-electron chi connectivity index (χ1n) is 10.6. The molecule has 0 aliphatic rings. The van der Waals surface area contributed by atoms with Crippen LogP contribution in [-0.2, 0) is 6.54 Å². The lowest BCUT2D eigenvalue weighted by molar-refractivity contribution is 0.102. The molecule has 0 bridgehead atoms. The molecule has 3 aromatic heterocycles. The Labute approximate surface area is 190 Å². The molecule has 33 heavy (non-hydrogen) atoms. The molecule has 0 fully saturated rings. The summed E-state index contributed by atoms with van der Waals surface area (Å²) in [5.41, 5.74) is 3.89. The van der Waals surface area contributed by atoms with Crippen LogP contribution >= 0.6 is 0 Å². The summed E-state index contributed by atoms with van der Waals surface area (Å²) in [4.78, 5) is 21.7. The van der Waals surface area contributed by atoms with Gasteiger partial charge >= 0.3 is 0 Å². The maximum absolute atomic E-state index is 12.8. The second kappa shape index (κ2) is 8.54. The molecular formula is C24H22N8O. The Morgan fingerprint density at radius 2 is 1.88 bits per heavy atom. The van der Waals surface area contributed by atoms with Crippen molar-refractivity contribution >= 4 is 34.3 Å². The summed E-state index contributed by atoms with van der Waals surface area (Å²) < 4.78 is 3.50. The van der Waals surface area contributed by atoms with E-state index in [0.29, 0.717) is 29.4 Å². The Balaban J connectivity index is 1.45. The zero-order chi connectivity index (χ0) is 22.8. The Kier molecular flexibility index (Phi) is 5.27. The third-order valence-corrected chi connectivity index (χ3v) is 5.38. The minimum atomic E-state index is -0.210. The number of aryl methyl sites for hydroxylation is 2. The molecule has 1 amide bonds. The number of fused-ring (bicyclic) bond motifs is 1. The smallest absolute Gasteiger partial charge is 0.256 e. The highest BCUT2D eigenvalue weighted by Gasteiger charge is 2.14. The average molecular weight is 438 g/mol. The summed E-state index contributed by atoms with van der Waals surface area (Å²) in [5, 5.41) is 15.7. The van der Waals surface area contributed by atoms with Crippen LogP contribution in [0.1, 0.15) is 22.8 Å². The Hall–Kier alpha value is -4.53. The van der Waals surface area contributed by atoms with Crippen LogP contribution in [0.25, 0.3) is 16.7 Å². The molecule has 2 N–H and O–H groups in total. The molecule has 9 nitrogen and oxygen atoms in total. The van der Waals surface area contributed by atoms with E-state index in [0.717, 1.165) is 22.3 Å². The van der Waals surface area contributed by atoms with Crippen LogP contribution in [0.5, 0.6) is 0 Å². The third kappa shape index (κ3) is 3.91. The molecule has 0 atom stereocenters. The molecule has 164 valence electrons. The first-order valence-corrected chi connectivity index (χ1v) is 10.6. The van der Waals surface area contributed by atoms with Crippen molar-refractivity contribution in [2.45, 2.75) is 20.4 Å². The normalized spacial score (nSPS) is 11.0. The number of amides is 1. The van der Waals surface area contributed by atoms with Crippen molar-refractivity contribution in [2.24, 2.45) is 0 Å². The summed E-state index contributed by atoms with van der Waals surface area (Å²) in [6.07, 6.45) is 4.91. The molecule has 3 heterocycles. The first kappa shape index (κ1) is 20.4. The Bertz CT molecular complexity index is 1440. The number of carbonyl (C=O) groups is 1. The number of anilines is 3. The maximum atomic E-state index is 12.8. The van der Waals surface area contributed by atoms with Crippen molar-refractivity contribution in [2.75, 3.05) is 10.6 Å². The van der Waals surface area contributed by atoms with E-state index in [4.69, 9.17) is 0 Å². The minimum Gasteiger partial charge on any atom is -0.339 e. The predicted molar refractivity (Wildman–Crippen MR) is 127 cm³/mol. The number of benzene rings is 2. The van der Waals surface area contributed by atoms with E-state index >= 15 is 0 Å². The van der Waals surface area contributed by atoms with Crippen molar-refractivity contribution < 1.29 is 4.79 Å². The van der Waals surface area contributed by atoms with Gasteiger partial charge in [-0.05, 0) is 43.7 Å². The topological polar surface area (TPSA) is 103 Å². The Morgan fingerprint density at radius 3 is 2.70 bits per heavy atom. The number of nitrogens with zero attached hydrogens (tertiary/aromatic N) is 6. The van der Waals surface area contributed by atoms with Crippen LogP contribution in [0, 0.1) is 6.92 Å². The van der Waals surface area contributed by atoms with E-state index in [1.165, 1.54) is 6.33 Å². The van der Waals surface area contributed by atoms with Gasteiger partial charge in [-0.2, -0.15) is 10.2 Å². The van der Waals surface area contributed by atoms with Crippen molar-refractivity contribution in [3.63, 3.8) is 0 Å². The van der Waals surface area contributed by atoms with Gasteiger partial charge < -0.3 is 10.6 Å². The fourth-order valence-corrected chi connectivity index (χ4v) is 3.61. The van der Waals surface area contributed by atoms with Gasteiger partial charge in [0.25, 0.3) is 5.91 Å². The van der Waals surface area contributed by atoms with E-state index in [1.54, 1.807) is 33.9 Å². The molecule has 0 unspecified atom stereocenters. The lowest BCUT2D eigenvalue weighted by Gasteiger charge is -2.12. The fraction of sp³-hybridized carbons (Fsp3) is 0.125. The van der Waals surface area contributed by atoms with E-state index in [2.05, 4.69) is 30.8 Å². The van der Waals surface area contributed by atoms with E-state index in [9.17, 15) is 4.79 Å². The number of hydrogen-bond donors (Lipinski definition) is 2. The quantitative estimate of drug-likeness (QED) is 0.409. The van der Waals surface area contributed by atoms with Crippen molar-refractivity contribution in [1.29, 1.82) is 0 Å². The SMILES string of the molecule is CCn1nccc1NC(=O)c1ccc(C)c(Nc2ncnc3c2cnn3-c2ccccc2)c1. The summed E-state index contributed by atoms with van der Waals surface area (Å²) in [6.45, 7) is 4.62. The molecule has 0 radical (unpaired) electrons. The van der Waals surface area contributed by atoms with Crippen molar-refractivity contribution in [3.8, 4) is 5.69 Å². The highest BCUT2D eigenvalue weighted by Crippen LogP contribution is 2.27. The zero-order valence-electron chi connectivity index (χ0n) is 18.2. The van der Waals surface area contributed by atoms with E-state index in [1.807, 2.05) is 56.3 Å². The summed E-state index contributed by atoms with van der Waals surface area (Å²) in [7, 11) is 0. The van der Waals surface area contributed by atoms with Gasteiger partial charge in [0, 0.05) is 23.9 Å². The lowest BCUT2D eigenvalue weighted by atomic mass is 10.1. The number of hydrogen-bond acceptors (Lipinski definition) is 6. The van der Waals surface area contributed by atoms with Gasteiger partial charge in [-0.15, -0.1) is 0 Å². The van der Waals surface area contributed by atoms with Crippen LogP contribution in [0.3, 0.4) is 0 Å². The van der Waals surface area contributed by atoms with Gasteiger partial charge in [-0.1, -0.05) is 24.3 Å². The fourth-order valence-electron chi connectivity index (χ4n) is 3.61. The van der Waals surface area contributed by atoms with Gasteiger partial charge in [0.2, 0.25) is 0 Å². The second-order valence-electron chi connectivity index (χ2n) is 7.49. The van der Waals surface area contributed by atoms with Gasteiger partial charge in [0.1, 0.15) is 18.0 Å². The third-order valence-electron chi connectivity index (χ3n) is 5.38.